The van der Waals surface area contributed by atoms with Crippen LogP contribution in [0.5, 0.6) is 0 Å². The number of rotatable bonds is 5. The number of nitrogens with zero attached hydrogens (tertiary/aromatic N) is 2. The van der Waals surface area contributed by atoms with Gasteiger partial charge in [-0.25, -0.2) is 0 Å². The Labute approximate surface area is 107 Å². The van der Waals surface area contributed by atoms with E-state index in [4.69, 9.17) is 0 Å². The Morgan fingerprint density at radius 2 is 2.47 bits per heavy atom. The third-order valence-electron chi connectivity index (χ3n) is 2.83. The number of aliphatic imine (C=N–C) groups is 1. The van der Waals surface area contributed by atoms with E-state index in [0.29, 0.717) is 12.3 Å². The number of amides is 1. The molecule has 2 aliphatic heterocycles. The van der Waals surface area contributed by atoms with Gasteiger partial charge in [0.15, 0.2) is 5.17 Å². The molecule has 0 fully saturated rings. The minimum absolute atomic E-state index is 0.116. The molecule has 17 heavy (non-hydrogen) atoms. The highest BCUT2D eigenvalue weighted by Gasteiger charge is 2.27. The van der Waals surface area contributed by atoms with Crippen LogP contribution in [-0.2, 0) is 4.79 Å². The monoisotopic (exact) mass is 253 g/mol. The smallest absolute Gasteiger partial charge is 0.225 e. The average molecular weight is 253 g/mol. The number of hydrogen-bond donors (Lipinski definition) is 1. The molecule has 2 aliphatic rings. The number of nitrogens with one attached hydrogen (secondary N) is 1. The molecule has 2 rings (SSSR count). The zero-order valence-corrected chi connectivity index (χ0v) is 11.2. The molecule has 1 N–H and O–H groups in total. The summed E-state index contributed by atoms with van der Waals surface area (Å²) >= 11 is 1.63. The third kappa shape index (κ3) is 3.25. The van der Waals surface area contributed by atoms with E-state index < -0.39 is 0 Å². The number of carbonyl (C=O) groups excluding carboxylic acids is 1. The lowest BCUT2D eigenvalue weighted by atomic mass is 10.1. The van der Waals surface area contributed by atoms with Gasteiger partial charge in [-0.3, -0.25) is 9.79 Å². The normalized spacial score (nSPS) is 18.2. The highest BCUT2D eigenvalue weighted by atomic mass is 32.2. The molecule has 0 bridgehead atoms. The SMILES string of the molecule is CC(C)CCNC(=O)CC1=CSC2=NCCN12. The van der Waals surface area contributed by atoms with Crippen LogP contribution in [0, 0.1) is 5.92 Å². The van der Waals surface area contributed by atoms with Crippen molar-refractivity contribution in [1.82, 2.24) is 10.2 Å². The molecule has 0 aliphatic carbocycles. The number of thioether (sulfide) groups is 1. The van der Waals surface area contributed by atoms with Gasteiger partial charge in [0, 0.05) is 18.8 Å². The molecule has 5 heteroatoms. The molecule has 0 saturated carbocycles. The van der Waals surface area contributed by atoms with Crippen LogP contribution in [0.2, 0.25) is 0 Å². The van der Waals surface area contributed by atoms with E-state index in [9.17, 15) is 4.79 Å². The Bertz CT molecular complexity index is 363. The second kappa shape index (κ2) is 5.58. The zero-order valence-electron chi connectivity index (χ0n) is 10.4. The van der Waals surface area contributed by atoms with Gasteiger partial charge in [-0.15, -0.1) is 0 Å². The van der Waals surface area contributed by atoms with Gasteiger partial charge in [-0.2, -0.15) is 0 Å². The van der Waals surface area contributed by atoms with Gasteiger partial charge < -0.3 is 10.2 Å². The van der Waals surface area contributed by atoms with Crippen molar-refractivity contribution in [3.05, 3.63) is 11.1 Å². The molecule has 0 spiro atoms. The summed E-state index contributed by atoms with van der Waals surface area (Å²) in [5, 5.41) is 6.06. The maximum absolute atomic E-state index is 11.7. The molecule has 0 aromatic carbocycles. The predicted octanol–water partition coefficient (Wildman–Crippen LogP) is 1.80. The Morgan fingerprint density at radius 3 is 3.24 bits per heavy atom. The third-order valence-corrected chi connectivity index (χ3v) is 3.78. The first kappa shape index (κ1) is 12.5. The first-order chi connectivity index (χ1) is 8.16. The largest absolute Gasteiger partial charge is 0.356 e. The Balaban J connectivity index is 1.74. The van der Waals surface area contributed by atoms with E-state index in [1.165, 1.54) is 0 Å². The number of hydrogen-bond acceptors (Lipinski definition) is 4. The summed E-state index contributed by atoms with van der Waals surface area (Å²) in [7, 11) is 0. The summed E-state index contributed by atoms with van der Waals surface area (Å²) in [6, 6.07) is 0. The van der Waals surface area contributed by atoms with Crippen LogP contribution in [0.15, 0.2) is 16.1 Å². The maximum atomic E-state index is 11.7. The number of carbonyl (C=O) groups is 1. The molecule has 0 unspecified atom stereocenters. The second-order valence-electron chi connectivity index (χ2n) is 4.75. The lowest BCUT2D eigenvalue weighted by Crippen LogP contribution is -2.29. The Morgan fingerprint density at radius 1 is 1.65 bits per heavy atom. The van der Waals surface area contributed by atoms with Crippen LogP contribution in [0.4, 0.5) is 0 Å². The van der Waals surface area contributed by atoms with E-state index in [-0.39, 0.29) is 5.91 Å². The molecule has 2 heterocycles. The lowest BCUT2D eigenvalue weighted by molar-refractivity contribution is -0.120. The van der Waals surface area contributed by atoms with Gasteiger partial charge in [0.2, 0.25) is 5.91 Å². The van der Waals surface area contributed by atoms with Crippen LogP contribution in [0.3, 0.4) is 0 Å². The Kier molecular flexibility index (Phi) is 4.10. The fourth-order valence-corrected chi connectivity index (χ4v) is 2.80. The van der Waals surface area contributed by atoms with Gasteiger partial charge in [0.1, 0.15) is 0 Å². The minimum Gasteiger partial charge on any atom is -0.356 e. The van der Waals surface area contributed by atoms with Crippen molar-refractivity contribution in [3.8, 4) is 0 Å². The van der Waals surface area contributed by atoms with E-state index in [1.54, 1.807) is 11.8 Å². The molecule has 4 nitrogen and oxygen atoms in total. The van der Waals surface area contributed by atoms with Crippen molar-refractivity contribution >= 4 is 22.8 Å². The van der Waals surface area contributed by atoms with Crippen molar-refractivity contribution < 1.29 is 4.79 Å². The van der Waals surface area contributed by atoms with E-state index in [2.05, 4.69) is 29.1 Å². The van der Waals surface area contributed by atoms with Crippen molar-refractivity contribution in [1.29, 1.82) is 0 Å². The van der Waals surface area contributed by atoms with E-state index in [0.717, 1.165) is 36.9 Å². The number of fused-ring (bicyclic) bond motifs is 1. The topological polar surface area (TPSA) is 44.7 Å². The highest BCUT2D eigenvalue weighted by molar-refractivity contribution is 8.16. The molecule has 0 saturated heterocycles. The quantitative estimate of drug-likeness (QED) is 0.812. The maximum Gasteiger partial charge on any atom is 0.225 e. The summed E-state index contributed by atoms with van der Waals surface area (Å²) < 4.78 is 0. The van der Waals surface area contributed by atoms with Crippen molar-refractivity contribution in [2.45, 2.75) is 26.7 Å². The summed E-state index contributed by atoms with van der Waals surface area (Å²) in [5.41, 5.74) is 1.09. The van der Waals surface area contributed by atoms with Crippen LogP contribution >= 0.6 is 11.8 Å². The molecule has 94 valence electrons. The molecular formula is C12H19N3OS. The molecular weight excluding hydrogens is 234 g/mol. The fraction of sp³-hybridized carbons (Fsp3) is 0.667. The standard InChI is InChI=1S/C12H19N3OS/c1-9(2)3-4-13-11(16)7-10-8-17-12-14-5-6-15(10)12/h8-9H,3-7H2,1-2H3,(H,13,16). The van der Waals surface area contributed by atoms with Gasteiger partial charge in [-0.1, -0.05) is 25.6 Å². The number of amidine groups is 1. The van der Waals surface area contributed by atoms with Crippen LogP contribution < -0.4 is 5.32 Å². The molecule has 1 amide bonds. The fourth-order valence-electron chi connectivity index (χ4n) is 1.84. The average Bonchev–Trinajstić information content (AvgIpc) is 2.82. The van der Waals surface area contributed by atoms with E-state index in [1.807, 2.05) is 5.41 Å². The first-order valence-electron chi connectivity index (χ1n) is 6.11. The molecule has 0 radical (unpaired) electrons. The van der Waals surface area contributed by atoms with Crippen molar-refractivity contribution in [3.63, 3.8) is 0 Å². The molecule has 0 aromatic rings. The zero-order chi connectivity index (χ0) is 12.3. The summed E-state index contributed by atoms with van der Waals surface area (Å²) in [4.78, 5) is 18.2. The van der Waals surface area contributed by atoms with Gasteiger partial charge in [0.05, 0.1) is 13.0 Å². The van der Waals surface area contributed by atoms with Crippen LogP contribution in [0.1, 0.15) is 26.7 Å². The summed E-state index contributed by atoms with van der Waals surface area (Å²) in [5.74, 6) is 0.750. The highest BCUT2D eigenvalue weighted by Crippen LogP contribution is 2.30. The van der Waals surface area contributed by atoms with Crippen molar-refractivity contribution in [2.24, 2.45) is 10.9 Å². The van der Waals surface area contributed by atoms with E-state index >= 15 is 0 Å². The van der Waals surface area contributed by atoms with Crippen LogP contribution in [-0.4, -0.2) is 35.6 Å². The molecule has 0 atom stereocenters. The second-order valence-corrected chi connectivity index (χ2v) is 5.59. The minimum atomic E-state index is 0.116. The first-order valence-corrected chi connectivity index (χ1v) is 6.99. The van der Waals surface area contributed by atoms with Gasteiger partial charge >= 0.3 is 0 Å². The lowest BCUT2D eigenvalue weighted by Gasteiger charge is -2.16. The predicted molar refractivity (Wildman–Crippen MR) is 71.8 cm³/mol. The Hall–Kier alpha value is -0.970. The van der Waals surface area contributed by atoms with Crippen molar-refractivity contribution in [2.75, 3.05) is 19.6 Å². The summed E-state index contributed by atoms with van der Waals surface area (Å²) in [6.45, 7) is 6.88. The summed E-state index contributed by atoms with van der Waals surface area (Å²) in [6.07, 6.45) is 1.51. The van der Waals surface area contributed by atoms with Crippen LogP contribution in [0.25, 0.3) is 0 Å². The van der Waals surface area contributed by atoms with Gasteiger partial charge in [-0.05, 0) is 17.7 Å². The van der Waals surface area contributed by atoms with Gasteiger partial charge in [0.25, 0.3) is 0 Å². The molecule has 0 aromatic heterocycles.